The van der Waals surface area contributed by atoms with Crippen LogP contribution in [-0.2, 0) is 9.53 Å². The highest BCUT2D eigenvalue weighted by atomic mass is 35.5. The summed E-state index contributed by atoms with van der Waals surface area (Å²) in [5.74, 6) is -2.55. The lowest BCUT2D eigenvalue weighted by Crippen LogP contribution is -2.14. The van der Waals surface area contributed by atoms with E-state index < -0.39 is 23.2 Å². The average Bonchev–Trinajstić information content (AvgIpc) is 2.82. The molecule has 0 aliphatic heterocycles. The van der Waals surface area contributed by atoms with Gasteiger partial charge in [0.25, 0.3) is 0 Å². The lowest BCUT2D eigenvalue weighted by atomic mass is 9.99. The predicted octanol–water partition coefficient (Wildman–Crippen LogP) is 3.25. The van der Waals surface area contributed by atoms with Crippen molar-refractivity contribution in [3.8, 4) is 0 Å². The van der Waals surface area contributed by atoms with E-state index in [1.807, 2.05) is 0 Å². The topological polar surface area (TPSA) is 76.7 Å². The number of halogens is 1. The van der Waals surface area contributed by atoms with Crippen LogP contribution in [0.25, 0.3) is 11.0 Å². The van der Waals surface area contributed by atoms with Gasteiger partial charge in [-0.2, -0.15) is 0 Å². The molecule has 1 unspecified atom stereocenters. The second kappa shape index (κ2) is 5.11. The van der Waals surface area contributed by atoms with Crippen molar-refractivity contribution >= 4 is 34.3 Å². The summed E-state index contributed by atoms with van der Waals surface area (Å²) in [6.07, 6.45) is 1.50. The number of aliphatic carboxylic acids is 1. The third kappa shape index (κ3) is 2.12. The van der Waals surface area contributed by atoms with Crippen LogP contribution in [0.1, 0.15) is 17.3 Å². The fourth-order valence-electron chi connectivity index (χ4n) is 3.29. The number of carbonyl (C=O) groups excluding carboxylic acids is 1. The van der Waals surface area contributed by atoms with Crippen LogP contribution < -0.4 is 0 Å². The van der Waals surface area contributed by atoms with Crippen LogP contribution in [0, 0.1) is 17.3 Å². The molecule has 1 aromatic carbocycles. The first kappa shape index (κ1) is 15.1. The quantitative estimate of drug-likeness (QED) is 0.855. The van der Waals surface area contributed by atoms with Crippen LogP contribution >= 0.6 is 11.6 Å². The van der Waals surface area contributed by atoms with Gasteiger partial charge < -0.3 is 14.3 Å². The largest absolute Gasteiger partial charge is 0.481 e. The van der Waals surface area contributed by atoms with Crippen LogP contribution in [0.3, 0.4) is 0 Å². The fraction of sp³-hybridized carbons (Fsp3) is 0.375. The number of hydrogen-bond donors (Lipinski definition) is 1. The number of furan rings is 1. The van der Waals surface area contributed by atoms with Crippen molar-refractivity contribution in [3.63, 3.8) is 0 Å². The molecule has 6 heteroatoms. The average molecular weight is 323 g/mol. The predicted molar refractivity (Wildman–Crippen MR) is 80.2 cm³/mol. The molecule has 1 heterocycles. The third-order valence-corrected chi connectivity index (χ3v) is 4.72. The maximum Gasteiger partial charge on any atom is 0.307 e. The van der Waals surface area contributed by atoms with E-state index in [2.05, 4.69) is 0 Å². The molecule has 1 fully saturated rings. The third-order valence-electron chi connectivity index (χ3n) is 4.44. The minimum Gasteiger partial charge on any atom is -0.481 e. The second-order valence-electron chi connectivity index (χ2n) is 5.89. The van der Waals surface area contributed by atoms with Gasteiger partial charge in [-0.1, -0.05) is 18.5 Å². The summed E-state index contributed by atoms with van der Waals surface area (Å²) in [5, 5.41) is 10.4. The number of hydrogen-bond acceptors (Lipinski definition) is 4. The van der Waals surface area contributed by atoms with E-state index in [1.165, 1.54) is 19.4 Å². The van der Waals surface area contributed by atoms with Crippen molar-refractivity contribution < 1.29 is 23.8 Å². The lowest BCUT2D eigenvalue weighted by Gasteiger charge is -2.09. The van der Waals surface area contributed by atoms with Crippen molar-refractivity contribution in [2.75, 3.05) is 13.7 Å². The van der Waals surface area contributed by atoms with Crippen molar-refractivity contribution in [2.45, 2.75) is 6.92 Å². The number of rotatable bonds is 5. The lowest BCUT2D eigenvalue weighted by molar-refractivity contribution is -0.139. The van der Waals surface area contributed by atoms with Gasteiger partial charge in [-0.05, 0) is 18.2 Å². The van der Waals surface area contributed by atoms with Gasteiger partial charge >= 0.3 is 5.97 Å². The number of carboxylic acids is 1. The van der Waals surface area contributed by atoms with Crippen LogP contribution in [0.15, 0.2) is 28.9 Å². The molecular weight excluding hydrogens is 308 g/mol. The van der Waals surface area contributed by atoms with Crippen molar-refractivity contribution in [1.82, 2.24) is 0 Å². The second-order valence-corrected chi connectivity index (χ2v) is 6.30. The normalized spacial score (nSPS) is 27.0. The first-order valence-corrected chi connectivity index (χ1v) is 7.20. The van der Waals surface area contributed by atoms with Gasteiger partial charge in [-0.25, -0.2) is 0 Å². The molecule has 0 spiro atoms. The Bertz CT molecular complexity index is 765. The van der Waals surface area contributed by atoms with E-state index in [1.54, 1.807) is 19.1 Å². The molecule has 1 aliphatic rings. The summed E-state index contributed by atoms with van der Waals surface area (Å²) in [7, 11) is 1.50. The number of carboxylic acid groups (broad SMARTS) is 1. The van der Waals surface area contributed by atoms with Gasteiger partial charge in [-0.15, -0.1) is 0 Å². The van der Waals surface area contributed by atoms with E-state index in [0.29, 0.717) is 16.2 Å². The summed E-state index contributed by atoms with van der Waals surface area (Å²) in [6.45, 7) is 1.98. The Balaban J connectivity index is 1.97. The minimum atomic E-state index is -0.978. The molecule has 22 heavy (non-hydrogen) atoms. The first-order chi connectivity index (χ1) is 10.4. The molecule has 1 aromatic heterocycles. The maximum atomic E-state index is 12.7. The number of Topliss-reactive ketones (excluding diaryl/α,β-unsaturated/α-hetero) is 1. The Labute approximate surface area is 131 Å². The van der Waals surface area contributed by atoms with Gasteiger partial charge in [0.15, 0.2) is 11.4 Å². The van der Waals surface area contributed by atoms with Crippen LogP contribution in [0.4, 0.5) is 0 Å². The Morgan fingerprint density at radius 2 is 2.14 bits per heavy atom. The van der Waals surface area contributed by atoms with Crippen molar-refractivity contribution in [2.24, 2.45) is 17.3 Å². The van der Waals surface area contributed by atoms with Gasteiger partial charge in [-0.3, -0.25) is 9.59 Å². The number of ketones is 1. The highest BCUT2D eigenvalue weighted by Crippen LogP contribution is 2.60. The highest BCUT2D eigenvalue weighted by Gasteiger charge is 2.68. The molecule has 0 radical (unpaired) electrons. The minimum absolute atomic E-state index is 0.224. The van der Waals surface area contributed by atoms with Gasteiger partial charge in [0.2, 0.25) is 0 Å². The van der Waals surface area contributed by atoms with E-state index in [-0.39, 0.29) is 12.4 Å². The summed E-state index contributed by atoms with van der Waals surface area (Å²) >= 11 is 6.12. The van der Waals surface area contributed by atoms with E-state index in [4.69, 9.17) is 20.8 Å². The van der Waals surface area contributed by atoms with Gasteiger partial charge in [0.1, 0.15) is 0 Å². The van der Waals surface area contributed by atoms with Crippen LogP contribution in [-0.4, -0.2) is 30.6 Å². The summed E-state index contributed by atoms with van der Waals surface area (Å²) in [6, 6.07) is 4.92. The van der Waals surface area contributed by atoms with Crippen LogP contribution in [0.5, 0.6) is 0 Å². The Hall–Kier alpha value is -1.85. The molecule has 2 aromatic rings. The molecule has 116 valence electrons. The van der Waals surface area contributed by atoms with E-state index >= 15 is 0 Å². The molecule has 0 saturated heterocycles. The molecule has 3 rings (SSSR count). The molecule has 1 saturated carbocycles. The Morgan fingerprint density at radius 1 is 1.41 bits per heavy atom. The summed E-state index contributed by atoms with van der Waals surface area (Å²) < 4.78 is 10.3. The van der Waals surface area contributed by atoms with Crippen molar-refractivity contribution in [1.29, 1.82) is 0 Å². The molecule has 1 N–H and O–H groups in total. The number of ether oxygens (including phenoxy) is 1. The molecule has 0 bridgehead atoms. The number of fused-ring (bicyclic) bond motifs is 1. The molecule has 1 aliphatic carbocycles. The number of benzene rings is 1. The highest BCUT2D eigenvalue weighted by molar-refractivity contribution is 6.35. The molecule has 0 amide bonds. The van der Waals surface area contributed by atoms with E-state index in [0.717, 1.165) is 5.39 Å². The standard InChI is InChI=1S/C16H15ClO5/c1-16(7-21-2)11(12(16)15(19)20)13(18)9-5-8-3-4-22-14(8)10(17)6-9/h3-6,11-12H,7H2,1-2H3,(H,19,20)/t11-,12-,16?/m0/s1. The monoisotopic (exact) mass is 322 g/mol. The first-order valence-electron chi connectivity index (χ1n) is 6.83. The zero-order valence-electron chi connectivity index (χ0n) is 12.1. The molecule has 5 nitrogen and oxygen atoms in total. The Morgan fingerprint density at radius 3 is 2.77 bits per heavy atom. The smallest absolute Gasteiger partial charge is 0.307 e. The zero-order chi connectivity index (χ0) is 16.1. The van der Waals surface area contributed by atoms with E-state index in [9.17, 15) is 14.7 Å². The van der Waals surface area contributed by atoms with Gasteiger partial charge in [0.05, 0.1) is 23.8 Å². The number of methoxy groups -OCH3 is 1. The van der Waals surface area contributed by atoms with Crippen molar-refractivity contribution in [3.05, 3.63) is 35.0 Å². The number of carbonyl (C=O) groups is 2. The zero-order valence-corrected chi connectivity index (χ0v) is 12.9. The van der Waals surface area contributed by atoms with Crippen LogP contribution in [0.2, 0.25) is 5.02 Å². The Kier molecular flexibility index (Phi) is 3.50. The SMILES string of the molecule is COCC1(C)[C@H](C(=O)O)[C@H]1C(=O)c1cc(Cl)c2occc2c1. The maximum absolute atomic E-state index is 12.7. The molecule has 3 atom stereocenters. The summed E-state index contributed by atoms with van der Waals surface area (Å²) in [4.78, 5) is 24.1. The summed E-state index contributed by atoms with van der Waals surface area (Å²) in [5.41, 5.74) is 0.230. The molecular formula is C16H15ClO5. The van der Waals surface area contributed by atoms with Gasteiger partial charge in [0, 0.05) is 29.4 Å². The fourth-order valence-corrected chi connectivity index (χ4v) is 3.56.